The molecule has 4 rings (SSSR count). The Morgan fingerprint density at radius 1 is 0.806 bits per heavy atom. The highest BCUT2D eigenvalue weighted by Gasteiger charge is 2.32. The summed E-state index contributed by atoms with van der Waals surface area (Å²) in [5.74, 6) is 1.95. The first-order valence-corrected chi connectivity index (χ1v) is 12.3. The van der Waals surface area contributed by atoms with Crippen LogP contribution < -0.4 is 0 Å². The monoisotopic (exact) mass is 438 g/mol. The van der Waals surface area contributed by atoms with Crippen molar-refractivity contribution >= 4 is 11.6 Å². The molecule has 0 bridgehead atoms. The van der Waals surface area contributed by atoms with Crippen molar-refractivity contribution in [3.8, 4) is 11.1 Å². The van der Waals surface area contributed by atoms with Gasteiger partial charge in [-0.15, -0.1) is 6.58 Å². The molecule has 1 saturated heterocycles. The molecule has 0 atom stereocenters. The molecule has 0 unspecified atom stereocenters. The van der Waals surface area contributed by atoms with Crippen LogP contribution in [0.3, 0.4) is 0 Å². The fourth-order valence-corrected chi connectivity index (χ4v) is 5.10. The van der Waals surface area contributed by atoms with Gasteiger partial charge in [-0.3, -0.25) is 0 Å². The Morgan fingerprint density at radius 2 is 1.42 bits per heavy atom. The first-order chi connectivity index (χ1) is 15.2. The highest BCUT2D eigenvalue weighted by atomic mass is 35.5. The van der Waals surface area contributed by atoms with E-state index in [9.17, 15) is 0 Å². The van der Waals surface area contributed by atoms with Crippen molar-refractivity contribution in [3.63, 3.8) is 0 Å². The number of aryl methyl sites for hydroxylation is 1. The zero-order valence-corrected chi connectivity index (χ0v) is 19.2. The molecular weight excluding hydrogens is 404 g/mol. The third-order valence-electron chi connectivity index (χ3n) is 7.02. The molecule has 1 aliphatic heterocycles. The second-order valence-corrected chi connectivity index (χ2v) is 9.73. The van der Waals surface area contributed by atoms with E-state index in [0.717, 1.165) is 43.4 Å². The predicted molar refractivity (Wildman–Crippen MR) is 129 cm³/mol. The molecule has 0 amide bonds. The maximum Gasteiger partial charge on any atom is 0.160 e. The van der Waals surface area contributed by atoms with E-state index in [4.69, 9.17) is 21.1 Å². The number of hydrogen-bond acceptors (Lipinski definition) is 2. The van der Waals surface area contributed by atoms with Crippen molar-refractivity contribution in [1.82, 2.24) is 0 Å². The smallest absolute Gasteiger partial charge is 0.160 e. The summed E-state index contributed by atoms with van der Waals surface area (Å²) in [5, 5.41) is 0.782. The van der Waals surface area contributed by atoms with E-state index >= 15 is 0 Å². The van der Waals surface area contributed by atoms with Crippen molar-refractivity contribution in [2.45, 2.75) is 57.7 Å². The van der Waals surface area contributed by atoms with Gasteiger partial charge in [0.2, 0.25) is 0 Å². The zero-order valence-electron chi connectivity index (χ0n) is 18.5. The third kappa shape index (κ3) is 6.44. The second kappa shape index (κ2) is 11.3. The zero-order chi connectivity index (χ0) is 21.5. The Bertz CT molecular complexity index is 798. The second-order valence-electron chi connectivity index (χ2n) is 9.29. The van der Waals surface area contributed by atoms with Gasteiger partial charge >= 0.3 is 0 Å². The number of ether oxygens (including phenoxy) is 2. The van der Waals surface area contributed by atoms with E-state index in [1.165, 1.54) is 48.8 Å². The van der Waals surface area contributed by atoms with Gasteiger partial charge in [-0.05, 0) is 86.1 Å². The molecule has 1 aliphatic carbocycles. The van der Waals surface area contributed by atoms with Gasteiger partial charge in [0.1, 0.15) is 0 Å². The van der Waals surface area contributed by atoms with E-state index in [0.29, 0.717) is 11.8 Å². The van der Waals surface area contributed by atoms with E-state index in [2.05, 4.69) is 43.0 Å². The SMILES string of the molecule is C=CCCC1COC(C2CCC(CCc3ccc(-c4ccc(Cl)cc4)cc3)CC2)OC1. The normalized spacial score (nSPS) is 26.5. The van der Waals surface area contributed by atoms with Crippen LogP contribution in [0.1, 0.15) is 50.5 Å². The molecule has 2 nitrogen and oxygen atoms in total. The molecule has 31 heavy (non-hydrogen) atoms. The van der Waals surface area contributed by atoms with E-state index in [-0.39, 0.29) is 6.29 Å². The lowest BCUT2D eigenvalue weighted by Gasteiger charge is -2.37. The minimum Gasteiger partial charge on any atom is -0.352 e. The third-order valence-corrected chi connectivity index (χ3v) is 7.27. The summed E-state index contributed by atoms with van der Waals surface area (Å²) in [5.41, 5.74) is 3.90. The van der Waals surface area contributed by atoms with Crippen molar-refractivity contribution in [3.05, 3.63) is 71.8 Å². The van der Waals surface area contributed by atoms with Crippen LogP contribution in [0.2, 0.25) is 5.02 Å². The molecule has 1 saturated carbocycles. The Labute approximate surface area is 192 Å². The Hall–Kier alpha value is -1.61. The van der Waals surface area contributed by atoms with Crippen LogP contribution in [-0.2, 0) is 15.9 Å². The average Bonchev–Trinajstić information content (AvgIpc) is 2.83. The summed E-state index contributed by atoms with van der Waals surface area (Å²) >= 11 is 6.00. The molecule has 0 aromatic heterocycles. The molecule has 0 radical (unpaired) electrons. The van der Waals surface area contributed by atoms with E-state index in [1.807, 2.05) is 18.2 Å². The number of rotatable bonds is 8. The highest BCUT2D eigenvalue weighted by Crippen LogP contribution is 2.36. The molecule has 2 aliphatic rings. The van der Waals surface area contributed by atoms with E-state index in [1.54, 1.807) is 0 Å². The molecule has 166 valence electrons. The number of halogens is 1. The number of benzene rings is 2. The first kappa shape index (κ1) is 22.6. The fraction of sp³-hybridized carbons (Fsp3) is 0.500. The van der Waals surface area contributed by atoms with Crippen LogP contribution in [-0.4, -0.2) is 19.5 Å². The van der Waals surface area contributed by atoms with Crippen LogP contribution in [0.5, 0.6) is 0 Å². The van der Waals surface area contributed by atoms with Crippen LogP contribution in [0, 0.1) is 17.8 Å². The van der Waals surface area contributed by atoms with Crippen molar-refractivity contribution in [1.29, 1.82) is 0 Å². The maximum absolute atomic E-state index is 6.08. The number of hydrogen-bond donors (Lipinski definition) is 0. The summed E-state index contributed by atoms with van der Waals surface area (Å²) in [7, 11) is 0. The summed E-state index contributed by atoms with van der Waals surface area (Å²) in [6.07, 6.45) is 11.7. The minimum atomic E-state index is 0.0290. The Morgan fingerprint density at radius 3 is 2.03 bits per heavy atom. The van der Waals surface area contributed by atoms with Crippen LogP contribution >= 0.6 is 11.6 Å². The largest absolute Gasteiger partial charge is 0.352 e. The van der Waals surface area contributed by atoms with Crippen LogP contribution in [0.15, 0.2) is 61.2 Å². The summed E-state index contributed by atoms with van der Waals surface area (Å²) in [4.78, 5) is 0. The molecule has 1 heterocycles. The Kier molecular flexibility index (Phi) is 8.24. The molecule has 3 heteroatoms. The van der Waals surface area contributed by atoms with E-state index < -0.39 is 0 Å². The lowest BCUT2D eigenvalue weighted by molar-refractivity contribution is -0.229. The highest BCUT2D eigenvalue weighted by molar-refractivity contribution is 6.30. The molecule has 2 fully saturated rings. The first-order valence-electron chi connectivity index (χ1n) is 11.9. The number of allylic oxidation sites excluding steroid dienone is 1. The van der Waals surface area contributed by atoms with Crippen molar-refractivity contribution in [2.75, 3.05) is 13.2 Å². The molecular formula is C28H35ClO2. The quantitative estimate of drug-likeness (QED) is 0.393. The predicted octanol–water partition coefficient (Wildman–Crippen LogP) is 7.70. The molecule has 0 spiro atoms. The molecule has 2 aromatic carbocycles. The standard InChI is InChI=1S/C28H35ClO2/c1-2-3-4-23-19-30-28(31-20-23)26-13-9-22(10-14-26)6-5-21-7-11-24(12-8-21)25-15-17-27(29)18-16-25/h2,7-8,11-12,15-18,22-23,26,28H,1,3-6,9-10,13-14,19-20H2. The lowest BCUT2D eigenvalue weighted by atomic mass is 9.79. The van der Waals surface area contributed by atoms with Gasteiger partial charge < -0.3 is 9.47 Å². The van der Waals surface area contributed by atoms with Gasteiger partial charge in [-0.25, -0.2) is 0 Å². The average molecular weight is 439 g/mol. The maximum atomic E-state index is 6.08. The van der Waals surface area contributed by atoms with Gasteiger partial charge in [0.25, 0.3) is 0 Å². The molecule has 0 N–H and O–H groups in total. The summed E-state index contributed by atoms with van der Waals surface area (Å²) in [6, 6.07) is 17.1. The Balaban J connectivity index is 1.18. The van der Waals surface area contributed by atoms with Gasteiger partial charge in [0.15, 0.2) is 6.29 Å². The fourth-order valence-electron chi connectivity index (χ4n) is 4.98. The van der Waals surface area contributed by atoms with Gasteiger partial charge in [-0.1, -0.05) is 54.1 Å². The van der Waals surface area contributed by atoms with Crippen LogP contribution in [0.4, 0.5) is 0 Å². The topological polar surface area (TPSA) is 18.5 Å². The van der Waals surface area contributed by atoms with Gasteiger partial charge in [0.05, 0.1) is 13.2 Å². The van der Waals surface area contributed by atoms with Gasteiger partial charge in [0, 0.05) is 16.9 Å². The lowest BCUT2D eigenvalue weighted by Crippen LogP contribution is -2.38. The van der Waals surface area contributed by atoms with Crippen molar-refractivity contribution < 1.29 is 9.47 Å². The van der Waals surface area contributed by atoms with Crippen molar-refractivity contribution in [2.24, 2.45) is 17.8 Å². The summed E-state index contributed by atoms with van der Waals surface area (Å²) < 4.78 is 12.2. The van der Waals surface area contributed by atoms with Crippen LogP contribution in [0.25, 0.3) is 11.1 Å². The minimum absolute atomic E-state index is 0.0290. The summed E-state index contributed by atoms with van der Waals surface area (Å²) in [6.45, 7) is 5.51. The van der Waals surface area contributed by atoms with Gasteiger partial charge in [-0.2, -0.15) is 0 Å². The molecule has 2 aromatic rings.